The molecule has 2 rings (SSSR count). The number of nitrogens with one attached hydrogen (secondary N) is 3. The fraction of sp³-hybridized carbons (Fsp3) is 0.250. The van der Waals surface area contributed by atoms with Crippen molar-refractivity contribution in [2.24, 2.45) is 0 Å². The lowest BCUT2D eigenvalue weighted by molar-refractivity contribution is -0.117. The Kier molecular flexibility index (Phi) is 7.49. The van der Waals surface area contributed by atoms with Crippen molar-refractivity contribution >= 4 is 33.4 Å². The molecule has 0 aliphatic heterocycles. The summed E-state index contributed by atoms with van der Waals surface area (Å²) in [6.07, 6.45) is 3.48. The normalized spacial score (nSPS) is 12.6. The quantitative estimate of drug-likeness (QED) is 0.544. The van der Waals surface area contributed by atoms with Gasteiger partial charge in [-0.05, 0) is 61.4 Å². The van der Waals surface area contributed by atoms with Crippen LogP contribution in [0.3, 0.4) is 0 Å². The van der Waals surface area contributed by atoms with E-state index in [1.807, 2.05) is 6.92 Å². The van der Waals surface area contributed by atoms with Gasteiger partial charge in [-0.25, -0.2) is 21.6 Å². The summed E-state index contributed by atoms with van der Waals surface area (Å²) in [6.45, 7) is 3.93. The molecule has 0 bridgehead atoms. The molecule has 0 aliphatic rings. The number of hydrogen-bond acceptors (Lipinski definition) is 4. The lowest BCUT2D eigenvalue weighted by Crippen LogP contribution is -2.25. The summed E-state index contributed by atoms with van der Waals surface area (Å²) in [6, 6.07) is 5.20. The molecule has 0 saturated heterocycles. The van der Waals surface area contributed by atoms with Gasteiger partial charge in [0.15, 0.2) is 11.6 Å². The predicted molar refractivity (Wildman–Crippen MR) is 111 cm³/mol. The van der Waals surface area contributed by atoms with Crippen LogP contribution in [0.1, 0.15) is 31.0 Å². The van der Waals surface area contributed by atoms with E-state index in [0.29, 0.717) is 17.8 Å². The molecular formula is C20H22F3N3O3S. The number of rotatable bonds is 8. The Labute approximate surface area is 173 Å². The molecule has 0 aliphatic carbocycles. The van der Waals surface area contributed by atoms with Gasteiger partial charge in [-0.1, -0.05) is 0 Å². The van der Waals surface area contributed by atoms with Gasteiger partial charge < -0.3 is 10.6 Å². The van der Waals surface area contributed by atoms with Gasteiger partial charge in [0.05, 0.1) is 12.3 Å². The number of carbonyl (C=O) groups is 1. The monoisotopic (exact) mass is 441 g/mol. The van der Waals surface area contributed by atoms with E-state index in [0.717, 1.165) is 18.4 Å². The number of halogens is 3. The van der Waals surface area contributed by atoms with E-state index in [1.165, 1.54) is 37.3 Å². The number of hydrogen-bond donors (Lipinski definition) is 3. The Morgan fingerprint density at radius 2 is 1.77 bits per heavy atom. The molecule has 0 radical (unpaired) electrons. The van der Waals surface area contributed by atoms with E-state index in [4.69, 9.17) is 0 Å². The molecule has 162 valence electrons. The lowest BCUT2D eigenvalue weighted by Gasteiger charge is -2.15. The van der Waals surface area contributed by atoms with Crippen molar-refractivity contribution in [3.63, 3.8) is 0 Å². The molecule has 0 spiro atoms. The third-order valence-electron chi connectivity index (χ3n) is 4.01. The molecule has 6 nitrogen and oxygen atoms in total. The Balaban J connectivity index is 2.14. The average Bonchev–Trinajstić information content (AvgIpc) is 2.63. The topological polar surface area (TPSA) is 87.3 Å². The highest BCUT2D eigenvalue weighted by Gasteiger charge is 2.18. The maximum absolute atomic E-state index is 14.1. The van der Waals surface area contributed by atoms with Gasteiger partial charge in [-0.15, -0.1) is 0 Å². The van der Waals surface area contributed by atoms with Gasteiger partial charge in [0.25, 0.3) is 0 Å². The smallest absolute Gasteiger partial charge is 0.244 e. The van der Waals surface area contributed by atoms with Gasteiger partial charge in [0.1, 0.15) is 11.5 Å². The van der Waals surface area contributed by atoms with E-state index >= 15 is 0 Å². The molecule has 10 heteroatoms. The van der Waals surface area contributed by atoms with Crippen LogP contribution in [-0.2, 0) is 14.8 Å². The van der Waals surface area contributed by atoms with Crippen LogP contribution in [-0.4, -0.2) is 27.1 Å². The Morgan fingerprint density at radius 1 is 1.13 bits per heavy atom. The van der Waals surface area contributed by atoms with E-state index in [-0.39, 0.29) is 5.56 Å². The first-order valence-electron chi connectivity index (χ1n) is 8.99. The van der Waals surface area contributed by atoms with E-state index in [2.05, 4.69) is 10.6 Å². The molecule has 0 heterocycles. The summed E-state index contributed by atoms with van der Waals surface area (Å²) in [4.78, 5) is 12.2. The zero-order valence-electron chi connectivity index (χ0n) is 16.6. The Morgan fingerprint density at radius 3 is 2.33 bits per heavy atom. The van der Waals surface area contributed by atoms with Crippen LogP contribution in [0.25, 0.3) is 6.08 Å². The summed E-state index contributed by atoms with van der Waals surface area (Å²) >= 11 is 0. The van der Waals surface area contributed by atoms with Crippen LogP contribution < -0.4 is 15.4 Å². The minimum atomic E-state index is -3.86. The summed E-state index contributed by atoms with van der Waals surface area (Å²) in [7, 11) is -3.86. The number of anilines is 2. The fourth-order valence-corrected chi connectivity index (χ4v) is 3.22. The second-order valence-corrected chi connectivity index (χ2v) is 8.31. The van der Waals surface area contributed by atoms with E-state index < -0.39 is 45.1 Å². The van der Waals surface area contributed by atoms with Crippen molar-refractivity contribution in [2.75, 3.05) is 22.8 Å². The highest BCUT2D eigenvalue weighted by atomic mass is 32.2. The third-order valence-corrected chi connectivity index (χ3v) is 4.58. The van der Waals surface area contributed by atoms with Gasteiger partial charge in [0, 0.05) is 18.3 Å². The molecule has 1 amide bonds. The largest absolute Gasteiger partial charge is 0.385 e. The second kappa shape index (κ2) is 9.66. The number of amides is 1. The maximum atomic E-state index is 14.1. The summed E-state index contributed by atoms with van der Waals surface area (Å²) < 4.78 is 65.8. The SMILES string of the molecule is CCNc1cc(F)ccc1C=CC(=O)N[C@H](C)c1cc(F)c(NS(C)(=O)=O)c(F)c1. The highest BCUT2D eigenvalue weighted by molar-refractivity contribution is 7.92. The van der Waals surface area contributed by atoms with Gasteiger partial charge >= 0.3 is 0 Å². The van der Waals surface area contributed by atoms with Crippen molar-refractivity contribution in [1.82, 2.24) is 5.32 Å². The first-order valence-corrected chi connectivity index (χ1v) is 10.9. The molecule has 2 aromatic carbocycles. The van der Waals surface area contributed by atoms with Crippen molar-refractivity contribution < 1.29 is 26.4 Å². The van der Waals surface area contributed by atoms with Gasteiger partial charge in [0.2, 0.25) is 15.9 Å². The summed E-state index contributed by atoms with van der Waals surface area (Å²) in [5.41, 5.74) is 0.440. The van der Waals surface area contributed by atoms with Crippen molar-refractivity contribution in [3.8, 4) is 0 Å². The molecule has 2 aromatic rings. The Bertz CT molecular complexity index is 1050. The minimum Gasteiger partial charge on any atom is -0.385 e. The predicted octanol–water partition coefficient (Wildman–Crippen LogP) is 3.80. The van der Waals surface area contributed by atoms with Gasteiger partial charge in [-0.2, -0.15) is 0 Å². The number of sulfonamides is 1. The first kappa shape index (κ1) is 23.3. The molecule has 0 unspecified atom stereocenters. The molecule has 3 N–H and O–H groups in total. The minimum absolute atomic E-state index is 0.112. The maximum Gasteiger partial charge on any atom is 0.244 e. The Hall–Kier alpha value is -3.01. The molecular weight excluding hydrogens is 419 g/mol. The highest BCUT2D eigenvalue weighted by Crippen LogP contribution is 2.25. The van der Waals surface area contributed by atoms with Crippen LogP contribution in [0.2, 0.25) is 0 Å². The average molecular weight is 441 g/mol. The van der Waals surface area contributed by atoms with Crippen molar-refractivity contribution in [3.05, 3.63) is 65.0 Å². The lowest BCUT2D eigenvalue weighted by atomic mass is 10.1. The first-order chi connectivity index (χ1) is 14.0. The number of benzene rings is 2. The zero-order chi connectivity index (χ0) is 22.5. The molecule has 30 heavy (non-hydrogen) atoms. The second-order valence-electron chi connectivity index (χ2n) is 6.56. The summed E-state index contributed by atoms with van der Waals surface area (Å²) in [5.74, 6) is -3.16. The fourth-order valence-electron chi connectivity index (χ4n) is 2.65. The molecule has 1 atom stereocenters. The molecule has 0 fully saturated rings. The van der Waals surface area contributed by atoms with Crippen LogP contribution in [0.4, 0.5) is 24.5 Å². The summed E-state index contributed by atoms with van der Waals surface area (Å²) in [5, 5.41) is 5.55. The van der Waals surface area contributed by atoms with E-state index in [9.17, 15) is 26.4 Å². The van der Waals surface area contributed by atoms with Crippen LogP contribution in [0.5, 0.6) is 0 Å². The van der Waals surface area contributed by atoms with Crippen LogP contribution in [0, 0.1) is 17.5 Å². The standard InChI is InChI=1S/C20H22F3N3O3S/c1-4-24-18-11-15(21)7-5-13(18)6-8-19(27)25-12(2)14-9-16(22)20(17(23)10-14)26-30(3,28)29/h5-12,24,26H,4H2,1-3H3,(H,25,27)/t12-/m1/s1. The third kappa shape index (κ3) is 6.51. The zero-order valence-corrected chi connectivity index (χ0v) is 17.4. The molecule has 0 saturated carbocycles. The van der Waals surface area contributed by atoms with Crippen molar-refractivity contribution in [2.45, 2.75) is 19.9 Å². The molecule has 0 aromatic heterocycles. The van der Waals surface area contributed by atoms with Crippen LogP contribution in [0.15, 0.2) is 36.4 Å². The van der Waals surface area contributed by atoms with E-state index in [1.54, 1.807) is 4.72 Å². The van der Waals surface area contributed by atoms with Crippen molar-refractivity contribution in [1.29, 1.82) is 0 Å². The van der Waals surface area contributed by atoms with Crippen LogP contribution >= 0.6 is 0 Å². The number of carbonyl (C=O) groups excluding carboxylic acids is 1. The van der Waals surface area contributed by atoms with Gasteiger partial charge in [-0.3, -0.25) is 9.52 Å².